The molecule has 0 fully saturated rings. The first-order valence-corrected chi connectivity index (χ1v) is 8.80. The molecule has 0 aliphatic rings. The van der Waals surface area contributed by atoms with Gasteiger partial charge in [0.2, 0.25) is 0 Å². The fourth-order valence-corrected chi connectivity index (χ4v) is 2.54. The van der Waals surface area contributed by atoms with Crippen molar-refractivity contribution in [3.8, 4) is 11.5 Å². The summed E-state index contributed by atoms with van der Waals surface area (Å²) in [6.07, 6.45) is 3.09. The molecule has 0 unspecified atom stereocenters. The summed E-state index contributed by atoms with van der Waals surface area (Å²) in [5.74, 6) is -0.657. The molecule has 0 saturated carbocycles. The van der Waals surface area contributed by atoms with Gasteiger partial charge in [0, 0.05) is 31.9 Å². The molecule has 150 valence electrons. The Kier molecular flexibility index (Phi) is 6.67. The molecule has 1 heterocycles. The van der Waals surface area contributed by atoms with E-state index in [-0.39, 0.29) is 24.4 Å². The molecule has 1 aromatic heterocycles. The molecule has 0 radical (unpaired) electrons. The molecule has 5 nitrogen and oxygen atoms in total. The maximum Gasteiger partial charge on any atom is 0.191 e. The average molecular weight is 400 g/mol. The zero-order valence-electron chi connectivity index (χ0n) is 15.6. The van der Waals surface area contributed by atoms with Crippen molar-refractivity contribution in [3.05, 3.63) is 89.5 Å². The monoisotopic (exact) mass is 400 g/mol. The van der Waals surface area contributed by atoms with E-state index in [4.69, 9.17) is 4.74 Å². The van der Waals surface area contributed by atoms with E-state index in [1.807, 2.05) is 0 Å². The van der Waals surface area contributed by atoms with E-state index in [1.54, 1.807) is 31.4 Å². The van der Waals surface area contributed by atoms with Crippen LogP contribution in [0.4, 0.5) is 13.2 Å². The molecule has 0 saturated heterocycles. The Morgan fingerprint density at radius 3 is 2.55 bits per heavy atom. The van der Waals surface area contributed by atoms with E-state index in [0.717, 1.165) is 18.2 Å². The van der Waals surface area contributed by atoms with Crippen LogP contribution in [-0.4, -0.2) is 18.0 Å². The molecule has 8 heteroatoms. The van der Waals surface area contributed by atoms with Crippen LogP contribution in [0.5, 0.6) is 11.5 Å². The topological polar surface area (TPSA) is 58.5 Å². The van der Waals surface area contributed by atoms with Crippen LogP contribution in [0.2, 0.25) is 0 Å². The molecule has 3 rings (SSSR count). The van der Waals surface area contributed by atoms with Crippen molar-refractivity contribution in [1.82, 2.24) is 15.6 Å². The molecule has 0 aliphatic carbocycles. The number of aliphatic imine (C=N–C) groups is 1. The third kappa shape index (κ3) is 5.71. The molecule has 0 spiro atoms. The van der Waals surface area contributed by atoms with Crippen LogP contribution in [-0.2, 0) is 13.1 Å². The third-order valence-electron chi connectivity index (χ3n) is 4.00. The minimum absolute atomic E-state index is 0.0511. The summed E-state index contributed by atoms with van der Waals surface area (Å²) in [5.41, 5.74) is 0.830. The Bertz CT molecular complexity index is 996. The molecule has 3 aromatic rings. The number of nitrogens with zero attached hydrogens (tertiary/aromatic N) is 2. The van der Waals surface area contributed by atoms with Gasteiger partial charge in [-0.15, -0.1) is 0 Å². The largest absolute Gasteiger partial charge is 0.453 e. The number of ether oxygens (including phenoxy) is 1. The number of hydrogen-bond donors (Lipinski definition) is 2. The lowest BCUT2D eigenvalue weighted by Crippen LogP contribution is -2.36. The number of guanidine groups is 1. The van der Waals surface area contributed by atoms with Crippen LogP contribution in [0.1, 0.15) is 11.1 Å². The van der Waals surface area contributed by atoms with Crippen molar-refractivity contribution < 1.29 is 17.9 Å². The van der Waals surface area contributed by atoms with Crippen molar-refractivity contribution in [1.29, 1.82) is 0 Å². The number of pyridine rings is 1. The fourth-order valence-electron chi connectivity index (χ4n) is 2.54. The molecule has 2 N–H and O–H groups in total. The number of rotatable bonds is 6. The first-order valence-electron chi connectivity index (χ1n) is 8.80. The van der Waals surface area contributed by atoms with E-state index in [1.165, 1.54) is 18.3 Å². The highest BCUT2D eigenvalue weighted by molar-refractivity contribution is 5.79. The van der Waals surface area contributed by atoms with Gasteiger partial charge in [-0.2, -0.15) is 0 Å². The second kappa shape index (κ2) is 9.59. The van der Waals surface area contributed by atoms with Gasteiger partial charge in [0.15, 0.2) is 17.5 Å². The van der Waals surface area contributed by atoms with Crippen LogP contribution in [0.25, 0.3) is 0 Å². The van der Waals surface area contributed by atoms with Crippen molar-refractivity contribution in [2.75, 3.05) is 7.05 Å². The van der Waals surface area contributed by atoms with E-state index in [2.05, 4.69) is 20.6 Å². The van der Waals surface area contributed by atoms with Crippen LogP contribution >= 0.6 is 0 Å². The zero-order chi connectivity index (χ0) is 20.6. The Balaban J connectivity index is 1.56. The summed E-state index contributed by atoms with van der Waals surface area (Å²) in [6, 6.07) is 11.2. The van der Waals surface area contributed by atoms with Crippen LogP contribution in [0.15, 0.2) is 65.9 Å². The average Bonchev–Trinajstić information content (AvgIpc) is 2.73. The van der Waals surface area contributed by atoms with Crippen LogP contribution in [0, 0.1) is 17.5 Å². The van der Waals surface area contributed by atoms with Crippen molar-refractivity contribution in [2.24, 2.45) is 4.99 Å². The van der Waals surface area contributed by atoms with Gasteiger partial charge in [-0.25, -0.2) is 13.2 Å². The second-order valence-corrected chi connectivity index (χ2v) is 6.07. The minimum atomic E-state index is -0.518. The summed E-state index contributed by atoms with van der Waals surface area (Å²) in [7, 11) is 1.54. The van der Waals surface area contributed by atoms with Gasteiger partial charge in [-0.05, 0) is 48.0 Å². The Morgan fingerprint density at radius 1 is 1.00 bits per heavy atom. The highest BCUT2D eigenvalue weighted by Crippen LogP contribution is 2.24. The first kappa shape index (κ1) is 20.2. The van der Waals surface area contributed by atoms with Gasteiger partial charge in [-0.1, -0.05) is 6.07 Å². The summed E-state index contributed by atoms with van der Waals surface area (Å²) in [4.78, 5) is 7.93. The van der Waals surface area contributed by atoms with E-state index in [9.17, 15) is 13.2 Å². The normalized spacial score (nSPS) is 11.2. The first-order chi connectivity index (χ1) is 14.0. The predicted octanol–water partition coefficient (Wildman–Crippen LogP) is 4.16. The third-order valence-corrected chi connectivity index (χ3v) is 4.00. The van der Waals surface area contributed by atoms with E-state index >= 15 is 0 Å². The van der Waals surface area contributed by atoms with Crippen molar-refractivity contribution in [3.63, 3.8) is 0 Å². The van der Waals surface area contributed by atoms with Gasteiger partial charge in [0.05, 0.1) is 6.20 Å². The summed E-state index contributed by atoms with van der Waals surface area (Å²) >= 11 is 0. The lowest BCUT2D eigenvalue weighted by atomic mass is 10.2. The van der Waals surface area contributed by atoms with Crippen molar-refractivity contribution in [2.45, 2.75) is 13.1 Å². The fraction of sp³-hybridized carbons (Fsp3) is 0.143. The Labute approximate surface area is 166 Å². The molecule has 0 amide bonds. The minimum Gasteiger partial charge on any atom is -0.453 e. The van der Waals surface area contributed by atoms with E-state index < -0.39 is 17.5 Å². The predicted molar refractivity (Wildman–Crippen MR) is 104 cm³/mol. The molecule has 0 bridgehead atoms. The maximum atomic E-state index is 14.3. The number of nitrogens with one attached hydrogen (secondary N) is 2. The summed E-state index contributed by atoms with van der Waals surface area (Å²) in [5, 5.41) is 5.88. The molecule has 0 atom stereocenters. The van der Waals surface area contributed by atoms with Crippen LogP contribution in [0.3, 0.4) is 0 Å². The number of hydrogen-bond acceptors (Lipinski definition) is 3. The molecule has 2 aromatic carbocycles. The smallest absolute Gasteiger partial charge is 0.191 e. The Hall–Kier alpha value is -3.55. The number of benzene rings is 2. The molecule has 0 aliphatic heterocycles. The zero-order valence-corrected chi connectivity index (χ0v) is 15.6. The van der Waals surface area contributed by atoms with Gasteiger partial charge in [-0.3, -0.25) is 9.98 Å². The molecular formula is C21H19F3N4O. The van der Waals surface area contributed by atoms with Gasteiger partial charge >= 0.3 is 0 Å². The highest BCUT2D eigenvalue weighted by atomic mass is 19.1. The van der Waals surface area contributed by atoms with Gasteiger partial charge < -0.3 is 15.4 Å². The lowest BCUT2D eigenvalue weighted by Gasteiger charge is -2.13. The van der Waals surface area contributed by atoms with Crippen molar-refractivity contribution >= 4 is 5.96 Å². The number of halogens is 3. The molecule has 29 heavy (non-hydrogen) atoms. The van der Waals surface area contributed by atoms with Crippen LogP contribution < -0.4 is 15.4 Å². The number of aromatic nitrogens is 1. The Morgan fingerprint density at radius 2 is 1.83 bits per heavy atom. The maximum absolute atomic E-state index is 14.3. The summed E-state index contributed by atoms with van der Waals surface area (Å²) in [6.45, 7) is 0.324. The van der Waals surface area contributed by atoms with Gasteiger partial charge in [0.1, 0.15) is 17.4 Å². The lowest BCUT2D eigenvalue weighted by molar-refractivity contribution is 0.440. The quantitative estimate of drug-likeness (QED) is 0.482. The SMILES string of the molecule is CN=C(NCc1ccc(Oc2cccnc2)c(F)c1)NCc1cc(F)ccc1F. The highest BCUT2D eigenvalue weighted by Gasteiger charge is 2.08. The summed E-state index contributed by atoms with van der Waals surface area (Å²) < 4.78 is 46.7. The second-order valence-electron chi connectivity index (χ2n) is 6.07. The molecular weight excluding hydrogens is 381 g/mol. The van der Waals surface area contributed by atoms with Gasteiger partial charge in [0.25, 0.3) is 0 Å². The van der Waals surface area contributed by atoms with E-state index in [0.29, 0.717) is 17.3 Å². The standard InChI is InChI=1S/C21H19F3N4O/c1-25-21(28-12-15-10-16(22)5-6-18(15)23)27-11-14-4-7-20(19(24)9-14)29-17-3-2-8-26-13-17/h2-10,13H,11-12H2,1H3,(H2,25,27,28).